The lowest BCUT2D eigenvalue weighted by Gasteiger charge is -2.30. The van der Waals surface area contributed by atoms with Crippen LogP contribution in [0.25, 0.3) is 0 Å². The van der Waals surface area contributed by atoms with Gasteiger partial charge >= 0.3 is 5.97 Å². The molecule has 7 nitrogen and oxygen atoms in total. The molecular weight excluding hydrogens is 428 g/mol. The zero-order chi connectivity index (χ0) is 23.3. The Morgan fingerprint density at radius 2 is 1.62 bits per heavy atom. The molecule has 0 bridgehead atoms. The number of hydrogen-bond donors (Lipinski definition) is 1. The fraction of sp³-hybridized carbons (Fsp3) is 0.417. The van der Waals surface area contributed by atoms with E-state index in [-0.39, 0.29) is 36.4 Å². The van der Waals surface area contributed by atoms with Gasteiger partial charge in [-0.25, -0.2) is 13.2 Å². The lowest BCUT2D eigenvalue weighted by atomic mass is 9.97. The SMILES string of the molecule is CCOC(=O)c1ccc(S(=O)(=O)N2CCC(C(=O)Nc3ccc(C(C)C)cc3)CC2)cc1. The Morgan fingerprint density at radius 3 is 2.16 bits per heavy atom. The lowest BCUT2D eigenvalue weighted by molar-refractivity contribution is -0.120. The summed E-state index contributed by atoms with van der Waals surface area (Å²) in [5, 5.41) is 2.94. The Bertz CT molecular complexity index is 1040. The van der Waals surface area contributed by atoms with Gasteiger partial charge in [0.15, 0.2) is 0 Å². The van der Waals surface area contributed by atoms with Crippen LogP contribution in [-0.2, 0) is 19.6 Å². The number of amides is 1. The molecule has 1 N–H and O–H groups in total. The van der Waals surface area contributed by atoms with Crippen LogP contribution in [0.4, 0.5) is 5.69 Å². The summed E-state index contributed by atoms with van der Waals surface area (Å²) in [5.41, 5.74) is 2.26. The Labute approximate surface area is 189 Å². The molecule has 1 heterocycles. The van der Waals surface area contributed by atoms with E-state index in [1.807, 2.05) is 24.3 Å². The van der Waals surface area contributed by atoms with E-state index in [0.717, 1.165) is 5.69 Å². The highest BCUT2D eigenvalue weighted by molar-refractivity contribution is 7.89. The molecule has 0 saturated carbocycles. The molecule has 2 aromatic carbocycles. The number of benzene rings is 2. The number of anilines is 1. The summed E-state index contributed by atoms with van der Waals surface area (Å²) in [6.07, 6.45) is 0.909. The van der Waals surface area contributed by atoms with Crippen molar-refractivity contribution in [3.8, 4) is 0 Å². The monoisotopic (exact) mass is 458 g/mol. The first-order valence-corrected chi connectivity index (χ1v) is 12.3. The van der Waals surface area contributed by atoms with Crippen molar-refractivity contribution in [1.82, 2.24) is 4.31 Å². The lowest BCUT2D eigenvalue weighted by Crippen LogP contribution is -2.41. The summed E-state index contributed by atoms with van der Waals surface area (Å²) in [6.45, 7) is 6.74. The summed E-state index contributed by atoms with van der Waals surface area (Å²) >= 11 is 0. The maximum absolute atomic E-state index is 13.0. The predicted octanol–water partition coefficient (Wildman–Crippen LogP) is 4.03. The highest BCUT2D eigenvalue weighted by Crippen LogP contribution is 2.26. The normalized spacial score (nSPS) is 15.5. The topological polar surface area (TPSA) is 92.8 Å². The molecule has 1 amide bonds. The second kappa shape index (κ2) is 10.3. The molecule has 1 aliphatic heterocycles. The Balaban J connectivity index is 1.58. The van der Waals surface area contributed by atoms with E-state index >= 15 is 0 Å². The summed E-state index contributed by atoms with van der Waals surface area (Å²) < 4.78 is 32.2. The highest BCUT2D eigenvalue weighted by Gasteiger charge is 2.32. The summed E-state index contributed by atoms with van der Waals surface area (Å²) in [4.78, 5) is 24.5. The van der Waals surface area contributed by atoms with Crippen molar-refractivity contribution in [1.29, 1.82) is 0 Å². The molecule has 3 rings (SSSR count). The van der Waals surface area contributed by atoms with E-state index in [1.54, 1.807) is 6.92 Å². The molecule has 0 aliphatic carbocycles. The van der Waals surface area contributed by atoms with Crippen molar-refractivity contribution in [3.63, 3.8) is 0 Å². The fourth-order valence-corrected chi connectivity index (χ4v) is 5.15. The van der Waals surface area contributed by atoms with Crippen molar-refractivity contribution >= 4 is 27.6 Å². The molecule has 0 radical (unpaired) electrons. The number of rotatable bonds is 7. The van der Waals surface area contributed by atoms with E-state index in [9.17, 15) is 18.0 Å². The number of piperidine rings is 1. The molecule has 8 heteroatoms. The fourth-order valence-electron chi connectivity index (χ4n) is 3.68. The molecule has 0 unspecified atom stereocenters. The molecule has 0 atom stereocenters. The first kappa shape index (κ1) is 23.9. The minimum absolute atomic E-state index is 0.0851. The number of esters is 1. The molecule has 0 aromatic heterocycles. The smallest absolute Gasteiger partial charge is 0.338 e. The minimum Gasteiger partial charge on any atom is -0.462 e. The zero-order valence-corrected chi connectivity index (χ0v) is 19.5. The number of nitrogens with zero attached hydrogens (tertiary/aromatic N) is 1. The van der Waals surface area contributed by atoms with Gasteiger partial charge in [-0.2, -0.15) is 4.31 Å². The van der Waals surface area contributed by atoms with Crippen LogP contribution in [0.2, 0.25) is 0 Å². The second-order valence-electron chi connectivity index (χ2n) is 8.19. The van der Waals surface area contributed by atoms with E-state index in [0.29, 0.717) is 24.3 Å². The third kappa shape index (κ3) is 5.55. The zero-order valence-electron chi connectivity index (χ0n) is 18.7. The predicted molar refractivity (Wildman–Crippen MR) is 123 cm³/mol. The molecule has 1 aliphatic rings. The van der Waals surface area contributed by atoms with Crippen molar-refractivity contribution in [2.24, 2.45) is 5.92 Å². The number of hydrogen-bond acceptors (Lipinski definition) is 5. The van der Waals surface area contributed by atoms with E-state index < -0.39 is 16.0 Å². The van der Waals surface area contributed by atoms with E-state index in [4.69, 9.17) is 4.74 Å². The van der Waals surface area contributed by atoms with Gasteiger partial charge in [-0.15, -0.1) is 0 Å². The highest BCUT2D eigenvalue weighted by atomic mass is 32.2. The van der Waals surface area contributed by atoms with Crippen LogP contribution < -0.4 is 5.32 Å². The molecule has 2 aromatic rings. The standard InChI is InChI=1S/C24H30N2O5S/c1-4-31-24(28)20-7-11-22(12-8-20)32(29,30)26-15-13-19(14-16-26)23(27)25-21-9-5-18(6-10-21)17(2)3/h5-12,17,19H,4,13-16H2,1-3H3,(H,25,27). The maximum atomic E-state index is 13.0. The Kier molecular flexibility index (Phi) is 7.69. The minimum atomic E-state index is -3.69. The number of ether oxygens (including phenoxy) is 1. The Morgan fingerprint density at radius 1 is 1.03 bits per heavy atom. The Hall–Kier alpha value is -2.71. The molecule has 1 saturated heterocycles. The molecular formula is C24H30N2O5S. The summed E-state index contributed by atoms with van der Waals surface area (Å²) in [5.74, 6) is -0.384. The number of carbonyl (C=O) groups excluding carboxylic acids is 2. The van der Waals surface area contributed by atoms with Crippen molar-refractivity contribution < 1.29 is 22.7 Å². The quantitative estimate of drug-likeness (QED) is 0.633. The number of nitrogens with one attached hydrogen (secondary N) is 1. The van der Waals surface area contributed by atoms with Crippen LogP contribution in [0.15, 0.2) is 53.4 Å². The summed E-state index contributed by atoms with van der Waals surface area (Å²) in [6, 6.07) is 13.5. The van der Waals surface area contributed by atoms with Crippen molar-refractivity contribution in [2.75, 3.05) is 25.0 Å². The van der Waals surface area contributed by atoms with Gasteiger partial charge in [0.2, 0.25) is 15.9 Å². The van der Waals surface area contributed by atoms with Crippen LogP contribution in [0.3, 0.4) is 0 Å². The largest absolute Gasteiger partial charge is 0.462 e. The van der Waals surface area contributed by atoms with E-state index in [1.165, 1.54) is 34.1 Å². The maximum Gasteiger partial charge on any atom is 0.338 e. The van der Waals surface area contributed by atoms with Crippen LogP contribution in [0, 0.1) is 5.92 Å². The first-order chi connectivity index (χ1) is 15.2. The number of carbonyl (C=O) groups is 2. The van der Waals surface area contributed by atoms with Crippen LogP contribution in [0.5, 0.6) is 0 Å². The van der Waals surface area contributed by atoms with Gasteiger partial charge in [-0.3, -0.25) is 4.79 Å². The van der Waals surface area contributed by atoms with Gasteiger partial charge < -0.3 is 10.1 Å². The summed E-state index contributed by atoms with van der Waals surface area (Å²) in [7, 11) is -3.69. The van der Waals surface area contributed by atoms with Crippen LogP contribution in [0.1, 0.15) is 55.5 Å². The first-order valence-electron chi connectivity index (χ1n) is 10.9. The van der Waals surface area contributed by atoms with Gasteiger partial charge in [0, 0.05) is 24.7 Å². The molecule has 172 valence electrons. The average molecular weight is 459 g/mol. The van der Waals surface area contributed by atoms with Gasteiger partial charge in [-0.05, 0) is 67.6 Å². The number of sulfonamides is 1. The molecule has 32 heavy (non-hydrogen) atoms. The van der Waals surface area contributed by atoms with Gasteiger partial charge in [-0.1, -0.05) is 26.0 Å². The van der Waals surface area contributed by atoms with Crippen molar-refractivity contribution in [2.45, 2.75) is 44.4 Å². The van der Waals surface area contributed by atoms with Crippen molar-refractivity contribution in [3.05, 3.63) is 59.7 Å². The average Bonchev–Trinajstić information content (AvgIpc) is 2.79. The van der Waals surface area contributed by atoms with Gasteiger partial charge in [0.1, 0.15) is 0 Å². The molecule has 0 spiro atoms. The molecule has 1 fully saturated rings. The third-order valence-electron chi connectivity index (χ3n) is 5.67. The third-order valence-corrected chi connectivity index (χ3v) is 7.59. The van der Waals surface area contributed by atoms with E-state index in [2.05, 4.69) is 19.2 Å². The van der Waals surface area contributed by atoms with Crippen LogP contribution >= 0.6 is 0 Å². The second-order valence-corrected chi connectivity index (χ2v) is 10.1. The van der Waals surface area contributed by atoms with Gasteiger partial charge in [0.25, 0.3) is 0 Å². The van der Waals surface area contributed by atoms with Gasteiger partial charge in [0.05, 0.1) is 17.1 Å². The van der Waals surface area contributed by atoms with Crippen LogP contribution in [-0.4, -0.2) is 44.3 Å².